The highest BCUT2D eigenvalue weighted by molar-refractivity contribution is 5.78. The molecule has 1 atom stereocenters. The van der Waals surface area contributed by atoms with Crippen LogP contribution in [-0.2, 0) is 17.9 Å². The van der Waals surface area contributed by atoms with Crippen molar-refractivity contribution < 1.29 is 4.79 Å². The van der Waals surface area contributed by atoms with Crippen LogP contribution in [0.1, 0.15) is 25.6 Å². The molecular weight excluding hydrogens is 218 g/mol. The predicted molar refractivity (Wildman–Crippen MR) is 63.1 cm³/mol. The molecule has 0 spiro atoms. The summed E-state index contributed by atoms with van der Waals surface area (Å²) in [5.74, 6) is 1.02. The fourth-order valence-electron chi connectivity index (χ4n) is 2.07. The van der Waals surface area contributed by atoms with Crippen molar-refractivity contribution in [3.8, 4) is 0 Å². The first kappa shape index (κ1) is 12.0. The Bertz CT molecular complexity index is 370. The average molecular weight is 237 g/mol. The van der Waals surface area contributed by atoms with Crippen molar-refractivity contribution in [2.24, 2.45) is 5.92 Å². The SMILES string of the molecule is CCn1cnnc1CNC(=O)[C@@H]1CCCNC1. The molecule has 0 saturated carbocycles. The monoisotopic (exact) mass is 237 g/mol. The number of nitrogens with one attached hydrogen (secondary N) is 2. The fourth-order valence-corrected chi connectivity index (χ4v) is 2.07. The lowest BCUT2D eigenvalue weighted by molar-refractivity contribution is -0.125. The second-order valence-corrected chi connectivity index (χ2v) is 4.29. The first-order valence-corrected chi connectivity index (χ1v) is 6.16. The van der Waals surface area contributed by atoms with Crippen LogP contribution in [-0.4, -0.2) is 33.8 Å². The molecule has 1 aromatic rings. The first-order valence-electron chi connectivity index (χ1n) is 6.16. The van der Waals surface area contributed by atoms with Crippen molar-refractivity contribution in [1.82, 2.24) is 25.4 Å². The summed E-state index contributed by atoms with van der Waals surface area (Å²) in [5, 5.41) is 14.0. The van der Waals surface area contributed by atoms with Gasteiger partial charge in [-0.25, -0.2) is 0 Å². The van der Waals surface area contributed by atoms with Crippen molar-refractivity contribution in [2.45, 2.75) is 32.9 Å². The molecule has 1 aliphatic rings. The van der Waals surface area contributed by atoms with Crippen LogP contribution in [0.2, 0.25) is 0 Å². The van der Waals surface area contributed by atoms with Gasteiger partial charge in [0.2, 0.25) is 5.91 Å². The lowest BCUT2D eigenvalue weighted by atomic mass is 9.99. The quantitative estimate of drug-likeness (QED) is 0.768. The van der Waals surface area contributed by atoms with Gasteiger partial charge < -0.3 is 15.2 Å². The van der Waals surface area contributed by atoms with E-state index in [-0.39, 0.29) is 11.8 Å². The Morgan fingerprint density at radius 2 is 2.59 bits per heavy atom. The van der Waals surface area contributed by atoms with Gasteiger partial charge in [-0.3, -0.25) is 4.79 Å². The average Bonchev–Trinajstić information content (AvgIpc) is 2.84. The summed E-state index contributed by atoms with van der Waals surface area (Å²) in [6.07, 6.45) is 3.73. The summed E-state index contributed by atoms with van der Waals surface area (Å²) in [4.78, 5) is 11.9. The molecule has 94 valence electrons. The number of hydrogen-bond acceptors (Lipinski definition) is 4. The Morgan fingerprint density at radius 3 is 3.29 bits per heavy atom. The molecular formula is C11H19N5O. The second-order valence-electron chi connectivity index (χ2n) is 4.29. The molecule has 1 saturated heterocycles. The molecule has 1 fully saturated rings. The van der Waals surface area contributed by atoms with E-state index in [4.69, 9.17) is 0 Å². The van der Waals surface area contributed by atoms with E-state index in [2.05, 4.69) is 20.8 Å². The molecule has 0 unspecified atom stereocenters. The van der Waals surface area contributed by atoms with E-state index in [1.165, 1.54) is 0 Å². The third-order valence-electron chi connectivity index (χ3n) is 3.12. The molecule has 1 aromatic heterocycles. The Hall–Kier alpha value is -1.43. The van der Waals surface area contributed by atoms with Gasteiger partial charge in [0.1, 0.15) is 6.33 Å². The van der Waals surface area contributed by atoms with Crippen molar-refractivity contribution >= 4 is 5.91 Å². The molecule has 0 aromatic carbocycles. The van der Waals surface area contributed by atoms with E-state index in [1.807, 2.05) is 11.5 Å². The highest BCUT2D eigenvalue weighted by atomic mass is 16.1. The van der Waals surface area contributed by atoms with E-state index in [0.717, 1.165) is 38.3 Å². The summed E-state index contributed by atoms with van der Waals surface area (Å²) < 4.78 is 1.93. The first-order chi connectivity index (χ1) is 8.31. The maximum absolute atomic E-state index is 11.9. The molecule has 2 rings (SSSR count). The number of aromatic nitrogens is 3. The minimum atomic E-state index is 0.0988. The van der Waals surface area contributed by atoms with Crippen LogP contribution in [0.5, 0.6) is 0 Å². The normalized spacial score (nSPS) is 20.2. The molecule has 6 heteroatoms. The molecule has 0 bridgehead atoms. The zero-order valence-corrected chi connectivity index (χ0v) is 10.1. The topological polar surface area (TPSA) is 71.8 Å². The molecule has 1 aliphatic heterocycles. The van der Waals surface area contributed by atoms with E-state index in [9.17, 15) is 4.79 Å². The zero-order valence-electron chi connectivity index (χ0n) is 10.1. The van der Waals surface area contributed by atoms with E-state index in [0.29, 0.717) is 6.54 Å². The number of piperidine rings is 1. The van der Waals surface area contributed by atoms with E-state index in [1.54, 1.807) is 6.33 Å². The Kier molecular flexibility index (Phi) is 4.08. The van der Waals surface area contributed by atoms with Gasteiger partial charge >= 0.3 is 0 Å². The molecule has 17 heavy (non-hydrogen) atoms. The van der Waals surface area contributed by atoms with Gasteiger partial charge in [0.25, 0.3) is 0 Å². The van der Waals surface area contributed by atoms with Crippen molar-refractivity contribution in [3.05, 3.63) is 12.2 Å². The summed E-state index contributed by atoms with van der Waals surface area (Å²) in [6, 6.07) is 0. The minimum Gasteiger partial charge on any atom is -0.349 e. The molecule has 1 amide bonds. The van der Waals surface area contributed by atoms with Gasteiger partial charge in [-0.1, -0.05) is 0 Å². The van der Waals surface area contributed by atoms with Gasteiger partial charge in [0, 0.05) is 13.1 Å². The second kappa shape index (κ2) is 5.77. The summed E-state index contributed by atoms with van der Waals surface area (Å²) >= 11 is 0. The van der Waals surface area contributed by atoms with Gasteiger partial charge in [-0.15, -0.1) is 10.2 Å². The smallest absolute Gasteiger partial charge is 0.224 e. The minimum absolute atomic E-state index is 0.0988. The van der Waals surface area contributed by atoms with E-state index < -0.39 is 0 Å². The van der Waals surface area contributed by atoms with Crippen LogP contribution in [0.3, 0.4) is 0 Å². The highest BCUT2D eigenvalue weighted by Crippen LogP contribution is 2.09. The summed E-state index contributed by atoms with van der Waals surface area (Å²) in [7, 11) is 0. The van der Waals surface area contributed by atoms with Gasteiger partial charge in [0.15, 0.2) is 5.82 Å². The molecule has 2 N–H and O–H groups in total. The van der Waals surface area contributed by atoms with E-state index >= 15 is 0 Å². The van der Waals surface area contributed by atoms with Gasteiger partial charge in [0.05, 0.1) is 12.5 Å². The lowest BCUT2D eigenvalue weighted by Crippen LogP contribution is -2.40. The van der Waals surface area contributed by atoms with Crippen molar-refractivity contribution in [3.63, 3.8) is 0 Å². The standard InChI is InChI=1S/C11H19N5O/c1-2-16-8-14-15-10(16)7-13-11(17)9-4-3-5-12-6-9/h8-9,12H,2-7H2,1H3,(H,13,17)/t9-/m1/s1. The molecule has 6 nitrogen and oxygen atoms in total. The molecule has 0 radical (unpaired) electrons. The van der Waals surface area contributed by atoms with Crippen LogP contribution in [0.25, 0.3) is 0 Å². The maximum Gasteiger partial charge on any atom is 0.224 e. The number of rotatable bonds is 4. The number of carbonyl (C=O) groups excluding carboxylic acids is 1. The van der Waals surface area contributed by atoms with Crippen LogP contribution in [0.4, 0.5) is 0 Å². The number of carbonyl (C=O) groups is 1. The van der Waals surface area contributed by atoms with Crippen molar-refractivity contribution in [1.29, 1.82) is 0 Å². The van der Waals surface area contributed by atoms with Crippen LogP contribution in [0.15, 0.2) is 6.33 Å². The van der Waals surface area contributed by atoms with Crippen LogP contribution < -0.4 is 10.6 Å². The fraction of sp³-hybridized carbons (Fsp3) is 0.727. The van der Waals surface area contributed by atoms with Gasteiger partial charge in [-0.05, 0) is 26.3 Å². The maximum atomic E-state index is 11.9. The number of nitrogens with zero attached hydrogens (tertiary/aromatic N) is 3. The Morgan fingerprint density at radius 1 is 1.71 bits per heavy atom. The highest BCUT2D eigenvalue weighted by Gasteiger charge is 2.20. The molecule has 0 aliphatic carbocycles. The summed E-state index contributed by atoms with van der Waals surface area (Å²) in [6.45, 7) is 5.12. The third kappa shape index (κ3) is 3.03. The third-order valence-corrected chi connectivity index (χ3v) is 3.12. The molecule has 2 heterocycles. The number of aryl methyl sites for hydroxylation is 1. The van der Waals surface area contributed by atoms with Crippen molar-refractivity contribution in [2.75, 3.05) is 13.1 Å². The number of amides is 1. The predicted octanol–water partition coefficient (Wildman–Crippen LogP) is -0.0862. The Balaban J connectivity index is 1.83. The lowest BCUT2D eigenvalue weighted by Gasteiger charge is -2.21. The van der Waals surface area contributed by atoms with Crippen LogP contribution in [0, 0.1) is 5.92 Å². The van der Waals surface area contributed by atoms with Crippen LogP contribution >= 0.6 is 0 Å². The number of hydrogen-bond donors (Lipinski definition) is 2. The summed E-state index contributed by atoms with van der Waals surface area (Å²) in [5.41, 5.74) is 0. The Labute approximate surface area is 101 Å². The largest absolute Gasteiger partial charge is 0.349 e. The van der Waals surface area contributed by atoms with Gasteiger partial charge in [-0.2, -0.15) is 0 Å². The zero-order chi connectivity index (χ0) is 12.1.